The van der Waals surface area contributed by atoms with Crippen LogP contribution in [0.5, 0.6) is 0 Å². The molecule has 8 unspecified atom stereocenters. The van der Waals surface area contributed by atoms with E-state index in [-0.39, 0.29) is 0 Å². The minimum Gasteiger partial charge on any atom is -0.403 e. The predicted octanol–water partition coefficient (Wildman–Crippen LogP) is 5.10. The molecule has 0 heterocycles. The molecule has 5 nitrogen and oxygen atoms in total. The Morgan fingerprint density at radius 3 is 2.61 bits per heavy atom. The maximum atomic E-state index is 11.1. The van der Waals surface area contributed by atoms with Crippen molar-refractivity contribution in [3.63, 3.8) is 0 Å². The Morgan fingerprint density at radius 2 is 1.91 bits per heavy atom. The number of aliphatic imine (C=N–C) groups is 1. The summed E-state index contributed by atoms with van der Waals surface area (Å²) in [5.74, 6) is 4.33. The summed E-state index contributed by atoms with van der Waals surface area (Å²) in [6, 6.07) is 2.08. The van der Waals surface area contributed by atoms with Gasteiger partial charge in [0.2, 0.25) is 0 Å². The van der Waals surface area contributed by atoms with Gasteiger partial charge in [0.25, 0.3) is 0 Å². The number of methoxy groups -OCH3 is 1. The first-order valence-electron chi connectivity index (χ1n) is 13.2. The van der Waals surface area contributed by atoms with Crippen LogP contribution in [0.3, 0.4) is 0 Å². The first-order valence-corrected chi connectivity index (χ1v) is 13.2. The first kappa shape index (κ1) is 24.7. The van der Waals surface area contributed by atoms with E-state index in [1.54, 1.807) is 13.3 Å². The molecule has 4 saturated carbocycles. The standard InChI is InChI=1S/C28H45N3O2/c1-19(16-31-17-20(14-29)15-30)23-7-8-24-22-6-5-21-13-28(32,18-33-4)12-11-26(21,2)25(22)9-10-27(23,24)3/h14,17,19,21-25,32H,5-13,16,18,29H2,1-4H3/b20-14-,31-17?/t19?,21?,22?,23?,24?,25?,26?,27?,28-/m1/s1. The fourth-order valence-corrected chi connectivity index (χ4v) is 9.25. The zero-order valence-corrected chi connectivity index (χ0v) is 21.2. The van der Waals surface area contributed by atoms with E-state index in [2.05, 4.69) is 31.8 Å². The zero-order chi connectivity index (χ0) is 23.9. The molecule has 184 valence electrons. The van der Waals surface area contributed by atoms with E-state index in [0.717, 1.165) is 43.6 Å². The molecule has 4 aliphatic rings. The Bertz CT molecular complexity index is 818. The van der Waals surface area contributed by atoms with Crippen molar-refractivity contribution in [1.82, 2.24) is 0 Å². The molecule has 0 saturated heterocycles. The van der Waals surface area contributed by atoms with Gasteiger partial charge in [-0.1, -0.05) is 20.8 Å². The highest BCUT2D eigenvalue weighted by Gasteiger charge is 2.61. The quantitative estimate of drug-likeness (QED) is 0.431. The molecular formula is C28H45N3O2. The van der Waals surface area contributed by atoms with Crippen LogP contribution in [0.1, 0.15) is 78.6 Å². The van der Waals surface area contributed by atoms with Crippen LogP contribution in [0.25, 0.3) is 0 Å². The predicted molar refractivity (Wildman–Crippen MR) is 132 cm³/mol. The number of hydrogen-bond acceptors (Lipinski definition) is 5. The first-order chi connectivity index (χ1) is 15.7. The second-order valence-electron chi connectivity index (χ2n) is 12.5. The van der Waals surface area contributed by atoms with E-state index >= 15 is 0 Å². The number of nitrogens with zero attached hydrogens (tertiary/aromatic N) is 2. The summed E-state index contributed by atoms with van der Waals surface area (Å²) >= 11 is 0. The van der Waals surface area contributed by atoms with Crippen LogP contribution in [0.15, 0.2) is 16.8 Å². The number of fused-ring (bicyclic) bond motifs is 5. The summed E-state index contributed by atoms with van der Waals surface area (Å²) in [5.41, 5.74) is 6.09. The van der Waals surface area contributed by atoms with Crippen LogP contribution in [-0.2, 0) is 4.74 Å². The largest absolute Gasteiger partial charge is 0.403 e. The molecule has 3 N–H and O–H groups in total. The number of rotatable bonds is 6. The van der Waals surface area contributed by atoms with E-state index in [9.17, 15) is 5.11 Å². The minimum atomic E-state index is -0.617. The highest BCUT2D eigenvalue weighted by atomic mass is 16.5. The molecule has 4 aliphatic carbocycles. The molecule has 33 heavy (non-hydrogen) atoms. The van der Waals surface area contributed by atoms with E-state index in [4.69, 9.17) is 15.7 Å². The van der Waals surface area contributed by atoms with Crippen molar-refractivity contribution in [2.45, 2.75) is 84.2 Å². The highest BCUT2D eigenvalue weighted by Crippen LogP contribution is 2.68. The lowest BCUT2D eigenvalue weighted by Gasteiger charge is -2.62. The molecule has 0 aromatic heterocycles. The molecular weight excluding hydrogens is 410 g/mol. The molecule has 0 aromatic rings. The van der Waals surface area contributed by atoms with Crippen LogP contribution in [0, 0.1) is 57.7 Å². The number of ether oxygens (including phenoxy) is 1. The van der Waals surface area contributed by atoms with Gasteiger partial charge >= 0.3 is 0 Å². The zero-order valence-electron chi connectivity index (χ0n) is 21.2. The third-order valence-electron chi connectivity index (χ3n) is 10.9. The van der Waals surface area contributed by atoms with Crippen molar-refractivity contribution in [3.05, 3.63) is 11.8 Å². The van der Waals surface area contributed by atoms with Crippen molar-refractivity contribution in [2.75, 3.05) is 20.3 Å². The summed E-state index contributed by atoms with van der Waals surface area (Å²) in [4.78, 5) is 4.57. The van der Waals surface area contributed by atoms with E-state index in [1.807, 2.05) is 0 Å². The average Bonchev–Trinajstić information content (AvgIpc) is 3.15. The molecule has 4 fully saturated rings. The van der Waals surface area contributed by atoms with Crippen molar-refractivity contribution < 1.29 is 9.84 Å². The number of nitrogens with two attached hydrogens (primary N) is 1. The van der Waals surface area contributed by atoms with Crippen molar-refractivity contribution in [3.8, 4) is 6.07 Å². The molecule has 0 amide bonds. The monoisotopic (exact) mass is 455 g/mol. The van der Waals surface area contributed by atoms with Gasteiger partial charge < -0.3 is 15.6 Å². The highest BCUT2D eigenvalue weighted by molar-refractivity contribution is 5.83. The second kappa shape index (κ2) is 9.34. The van der Waals surface area contributed by atoms with Gasteiger partial charge in [0.1, 0.15) is 6.07 Å². The number of hydrogen-bond donors (Lipinski definition) is 2. The maximum absolute atomic E-state index is 11.1. The molecule has 0 bridgehead atoms. The van der Waals surface area contributed by atoms with Crippen LogP contribution in [0.4, 0.5) is 0 Å². The lowest BCUT2D eigenvalue weighted by atomic mass is 9.43. The average molecular weight is 456 g/mol. The summed E-state index contributed by atoms with van der Waals surface area (Å²) in [5, 5.41) is 20.1. The van der Waals surface area contributed by atoms with Gasteiger partial charge in [-0.3, -0.25) is 4.99 Å². The molecule has 9 atom stereocenters. The Labute approximate surface area is 200 Å². The van der Waals surface area contributed by atoms with Crippen molar-refractivity contribution >= 4 is 6.21 Å². The smallest absolute Gasteiger partial charge is 0.102 e. The topological polar surface area (TPSA) is 91.6 Å². The van der Waals surface area contributed by atoms with Gasteiger partial charge in [-0.2, -0.15) is 5.26 Å². The van der Waals surface area contributed by atoms with Gasteiger partial charge in [0, 0.05) is 26.1 Å². The van der Waals surface area contributed by atoms with Crippen LogP contribution in [0.2, 0.25) is 0 Å². The summed E-state index contributed by atoms with van der Waals surface area (Å²) in [6.07, 6.45) is 13.9. The lowest BCUT2D eigenvalue weighted by Crippen LogP contribution is -2.56. The molecule has 4 rings (SSSR count). The summed E-state index contributed by atoms with van der Waals surface area (Å²) in [7, 11) is 1.71. The van der Waals surface area contributed by atoms with Crippen LogP contribution in [-0.4, -0.2) is 37.2 Å². The van der Waals surface area contributed by atoms with Crippen molar-refractivity contribution in [1.29, 1.82) is 5.26 Å². The van der Waals surface area contributed by atoms with Gasteiger partial charge in [-0.25, -0.2) is 0 Å². The van der Waals surface area contributed by atoms with Gasteiger partial charge in [0.15, 0.2) is 0 Å². The van der Waals surface area contributed by atoms with Gasteiger partial charge in [-0.15, -0.1) is 0 Å². The van der Waals surface area contributed by atoms with Crippen molar-refractivity contribution in [2.24, 2.45) is 57.1 Å². The van der Waals surface area contributed by atoms with E-state index < -0.39 is 5.60 Å². The summed E-state index contributed by atoms with van der Waals surface area (Å²) < 4.78 is 5.38. The maximum Gasteiger partial charge on any atom is 0.102 e. The number of aliphatic hydroxyl groups is 1. The summed E-state index contributed by atoms with van der Waals surface area (Å²) in [6.45, 7) is 8.76. The van der Waals surface area contributed by atoms with Gasteiger partial charge in [0.05, 0.1) is 17.8 Å². The molecule has 0 aliphatic heterocycles. The second-order valence-corrected chi connectivity index (χ2v) is 12.5. The van der Waals surface area contributed by atoms with Crippen LogP contribution >= 0.6 is 0 Å². The van der Waals surface area contributed by atoms with Gasteiger partial charge in [-0.05, 0) is 104 Å². The minimum absolute atomic E-state index is 0.375. The fourth-order valence-electron chi connectivity index (χ4n) is 9.25. The SMILES string of the molecule is COC[C@@]1(O)CCC2(C)C(CCC3C2CCC2(C)C(C(C)CN=C/C(C#N)=C\N)CCC32)C1. The molecule has 0 radical (unpaired) electrons. The third-order valence-corrected chi connectivity index (χ3v) is 10.9. The Morgan fingerprint density at radius 1 is 1.15 bits per heavy atom. The number of nitriles is 1. The number of allylic oxidation sites excluding steroid dienone is 1. The Balaban J connectivity index is 1.46. The Kier molecular flexibility index (Phi) is 7.00. The van der Waals surface area contributed by atoms with E-state index in [0.29, 0.717) is 40.8 Å². The fraction of sp³-hybridized carbons (Fsp3) is 0.857. The molecule has 0 aromatic carbocycles. The Hall–Kier alpha value is -1.38. The lowest BCUT2D eigenvalue weighted by molar-refractivity contribution is -0.163. The van der Waals surface area contributed by atoms with E-state index in [1.165, 1.54) is 44.7 Å². The normalized spacial score (nSPS) is 46.3. The third kappa shape index (κ3) is 4.27. The molecule has 5 heteroatoms. The van der Waals surface area contributed by atoms with Crippen LogP contribution < -0.4 is 5.73 Å². The molecule has 0 spiro atoms.